The van der Waals surface area contributed by atoms with Gasteiger partial charge in [-0.15, -0.1) is 0 Å². The molecule has 0 spiro atoms. The van der Waals surface area contributed by atoms with Crippen LogP contribution in [0.15, 0.2) is 42.5 Å². The molecule has 1 N–H and O–H groups in total. The molecule has 98 valence electrons. The third-order valence-electron chi connectivity index (χ3n) is 4.05. The quantitative estimate of drug-likeness (QED) is 0.879. The van der Waals surface area contributed by atoms with E-state index in [1.165, 1.54) is 22.4 Å². The fourth-order valence-electron chi connectivity index (χ4n) is 3.01. The van der Waals surface area contributed by atoms with Crippen molar-refractivity contribution in [3.63, 3.8) is 0 Å². The van der Waals surface area contributed by atoms with Crippen molar-refractivity contribution in [3.05, 3.63) is 59.2 Å². The van der Waals surface area contributed by atoms with Gasteiger partial charge in [0.1, 0.15) is 5.75 Å². The van der Waals surface area contributed by atoms with Gasteiger partial charge in [0.05, 0.1) is 6.04 Å². The zero-order chi connectivity index (χ0) is 13.4. The molecule has 1 aliphatic carbocycles. The van der Waals surface area contributed by atoms with Crippen molar-refractivity contribution in [2.45, 2.75) is 25.8 Å². The van der Waals surface area contributed by atoms with Crippen LogP contribution in [-0.4, -0.2) is 12.2 Å². The number of phenols is 1. The van der Waals surface area contributed by atoms with E-state index >= 15 is 0 Å². The van der Waals surface area contributed by atoms with Crippen molar-refractivity contribution in [3.8, 4) is 5.75 Å². The first kappa shape index (κ1) is 12.1. The number of anilines is 1. The maximum atomic E-state index is 9.56. The Labute approximate surface area is 114 Å². The highest BCUT2D eigenvalue weighted by atomic mass is 16.3. The van der Waals surface area contributed by atoms with Crippen LogP contribution in [-0.2, 0) is 6.42 Å². The van der Waals surface area contributed by atoms with Crippen molar-refractivity contribution in [1.82, 2.24) is 0 Å². The van der Waals surface area contributed by atoms with Crippen LogP contribution in [0.5, 0.6) is 5.75 Å². The standard InChI is InChI=1S/C17H19NO/c1-12-4-3-5-14(10-12)18(2)17-9-6-13-11-15(19)7-8-16(13)17/h3-5,7-8,10-11,17,19H,6,9H2,1-2H3. The number of hydrogen-bond donors (Lipinski definition) is 1. The second-order valence-electron chi connectivity index (χ2n) is 5.39. The second-order valence-corrected chi connectivity index (χ2v) is 5.39. The number of aromatic hydroxyl groups is 1. The van der Waals surface area contributed by atoms with Gasteiger partial charge in [-0.1, -0.05) is 18.2 Å². The highest BCUT2D eigenvalue weighted by molar-refractivity contribution is 5.52. The van der Waals surface area contributed by atoms with E-state index in [4.69, 9.17) is 0 Å². The average molecular weight is 253 g/mol. The van der Waals surface area contributed by atoms with Gasteiger partial charge in [-0.25, -0.2) is 0 Å². The van der Waals surface area contributed by atoms with Crippen LogP contribution in [0, 0.1) is 6.92 Å². The maximum absolute atomic E-state index is 9.56. The van der Waals surface area contributed by atoms with E-state index < -0.39 is 0 Å². The molecule has 0 heterocycles. The van der Waals surface area contributed by atoms with Gasteiger partial charge in [0, 0.05) is 12.7 Å². The van der Waals surface area contributed by atoms with E-state index in [0.717, 1.165) is 12.8 Å². The molecule has 2 aromatic carbocycles. The average Bonchev–Trinajstić information content (AvgIpc) is 2.80. The summed E-state index contributed by atoms with van der Waals surface area (Å²) in [5, 5.41) is 9.56. The summed E-state index contributed by atoms with van der Waals surface area (Å²) in [5.74, 6) is 0.373. The van der Waals surface area contributed by atoms with Gasteiger partial charge in [-0.05, 0) is 60.7 Å². The summed E-state index contributed by atoms with van der Waals surface area (Å²) in [4.78, 5) is 2.34. The molecule has 0 saturated carbocycles. The Balaban J connectivity index is 1.93. The highest BCUT2D eigenvalue weighted by Gasteiger charge is 2.26. The Morgan fingerprint density at radius 3 is 2.79 bits per heavy atom. The lowest BCUT2D eigenvalue weighted by Crippen LogP contribution is -2.22. The lowest BCUT2D eigenvalue weighted by Gasteiger charge is -2.28. The Bertz CT molecular complexity index is 606. The zero-order valence-corrected chi connectivity index (χ0v) is 11.4. The molecule has 0 bridgehead atoms. The van der Waals surface area contributed by atoms with Crippen LogP contribution < -0.4 is 4.90 Å². The molecule has 0 aliphatic heterocycles. The Morgan fingerprint density at radius 1 is 1.16 bits per heavy atom. The molecule has 2 heteroatoms. The minimum absolute atomic E-state index is 0.373. The number of aryl methyl sites for hydroxylation is 2. The van der Waals surface area contributed by atoms with E-state index in [2.05, 4.69) is 49.2 Å². The molecular weight excluding hydrogens is 234 g/mol. The second kappa shape index (κ2) is 4.61. The summed E-state index contributed by atoms with van der Waals surface area (Å²) in [7, 11) is 2.15. The van der Waals surface area contributed by atoms with Gasteiger partial charge >= 0.3 is 0 Å². The molecule has 1 aliphatic rings. The third kappa shape index (κ3) is 2.19. The van der Waals surface area contributed by atoms with Gasteiger partial charge in [0.2, 0.25) is 0 Å². The molecule has 0 radical (unpaired) electrons. The first-order chi connectivity index (χ1) is 9.15. The molecular formula is C17H19NO. The van der Waals surface area contributed by atoms with Gasteiger partial charge in [-0.2, -0.15) is 0 Å². The minimum Gasteiger partial charge on any atom is -0.508 e. The van der Waals surface area contributed by atoms with Crippen LogP contribution in [0.4, 0.5) is 5.69 Å². The van der Waals surface area contributed by atoms with E-state index in [1.54, 1.807) is 6.07 Å². The van der Waals surface area contributed by atoms with Crippen molar-refractivity contribution < 1.29 is 5.11 Å². The third-order valence-corrected chi connectivity index (χ3v) is 4.05. The number of hydrogen-bond acceptors (Lipinski definition) is 2. The van der Waals surface area contributed by atoms with Crippen LogP contribution in [0.25, 0.3) is 0 Å². The molecule has 0 saturated heterocycles. The van der Waals surface area contributed by atoms with E-state index in [-0.39, 0.29) is 0 Å². The fourth-order valence-corrected chi connectivity index (χ4v) is 3.01. The van der Waals surface area contributed by atoms with Crippen LogP contribution >= 0.6 is 0 Å². The predicted molar refractivity (Wildman–Crippen MR) is 78.8 cm³/mol. The van der Waals surface area contributed by atoms with E-state index in [9.17, 15) is 5.11 Å². The molecule has 0 aromatic heterocycles. The smallest absolute Gasteiger partial charge is 0.115 e. The van der Waals surface area contributed by atoms with E-state index in [1.807, 2.05) is 6.07 Å². The normalized spacial score (nSPS) is 17.3. The zero-order valence-electron chi connectivity index (χ0n) is 11.4. The molecule has 1 unspecified atom stereocenters. The fraction of sp³-hybridized carbons (Fsp3) is 0.294. The van der Waals surface area contributed by atoms with Gasteiger partial charge in [-0.3, -0.25) is 0 Å². The predicted octanol–water partition coefficient (Wildman–Crippen LogP) is 3.82. The van der Waals surface area contributed by atoms with E-state index in [0.29, 0.717) is 11.8 Å². The highest BCUT2D eigenvalue weighted by Crippen LogP contribution is 2.38. The summed E-state index contributed by atoms with van der Waals surface area (Å²) in [5.41, 5.74) is 5.17. The molecule has 2 nitrogen and oxygen atoms in total. The van der Waals surface area contributed by atoms with Crippen LogP contribution in [0.2, 0.25) is 0 Å². The van der Waals surface area contributed by atoms with Crippen molar-refractivity contribution in [2.75, 3.05) is 11.9 Å². The van der Waals surface area contributed by atoms with Crippen molar-refractivity contribution in [1.29, 1.82) is 0 Å². The SMILES string of the molecule is Cc1cccc(N(C)C2CCc3cc(O)ccc32)c1. The summed E-state index contributed by atoms with van der Waals surface area (Å²) in [6, 6.07) is 14.8. The lowest BCUT2D eigenvalue weighted by molar-refractivity contribution is 0.474. The molecule has 1 atom stereocenters. The van der Waals surface area contributed by atoms with Crippen molar-refractivity contribution in [2.24, 2.45) is 0 Å². The monoisotopic (exact) mass is 253 g/mol. The maximum Gasteiger partial charge on any atom is 0.115 e. The number of fused-ring (bicyclic) bond motifs is 1. The Kier molecular flexibility index (Phi) is 2.94. The number of phenolic OH excluding ortho intramolecular Hbond substituents is 1. The summed E-state index contributed by atoms with van der Waals surface area (Å²) < 4.78 is 0. The largest absolute Gasteiger partial charge is 0.508 e. The van der Waals surface area contributed by atoms with Gasteiger partial charge < -0.3 is 10.0 Å². The number of nitrogens with zero attached hydrogens (tertiary/aromatic N) is 1. The van der Waals surface area contributed by atoms with Crippen molar-refractivity contribution >= 4 is 5.69 Å². The lowest BCUT2D eigenvalue weighted by atomic mass is 10.1. The topological polar surface area (TPSA) is 23.5 Å². The van der Waals surface area contributed by atoms with Gasteiger partial charge in [0.25, 0.3) is 0 Å². The Hall–Kier alpha value is -1.96. The molecule has 19 heavy (non-hydrogen) atoms. The molecule has 0 fully saturated rings. The van der Waals surface area contributed by atoms with Crippen LogP contribution in [0.1, 0.15) is 29.2 Å². The van der Waals surface area contributed by atoms with Crippen LogP contribution in [0.3, 0.4) is 0 Å². The first-order valence-electron chi connectivity index (χ1n) is 6.76. The summed E-state index contributed by atoms with van der Waals surface area (Å²) in [6.07, 6.45) is 2.16. The minimum atomic E-state index is 0.373. The van der Waals surface area contributed by atoms with Gasteiger partial charge in [0.15, 0.2) is 0 Å². The number of benzene rings is 2. The number of rotatable bonds is 2. The Morgan fingerprint density at radius 2 is 2.00 bits per heavy atom. The summed E-state index contributed by atoms with van der Waals surface area (Å²) in [6.45, 7) is 2.12. The first-order valence-corrected chi connectivity index (χ1v) is 6.76. The molecule has 3 rings (SSSR count). The molecule has 0 amide bonds. The summed E-state index contributed by atoms with van der Waals surface area (Å²) >= 11 is 0. The molecule has 2 aromatic rings.